The molecule has 120 valence electrons. The topological polar surface area (TPSA) is 58.6 Å². The van der Waals surface area contributed by atoms with Crippen LogP contribution in [0.4, 0.5) is 0 Å². The molecule has 22 heavy (non-hydrogen) atoms. The first kappa shape index (κ1) is 16.5. The van der Waals surface area contributed by atoms with Gasteiger partial charge in [0, 0.05) is 26.6 Å². The highest BCUT2D eigenvalue weighted by molar-refractivity contribution is 5.90. The first-order valence-electron chi connectivity index (χ1n) is 7.71. The van der Waals surface area contributed by atoms with E-state index in [1.165, 1.54) is 0 Å². The number of carbonyl (C=O) groups is 2. The number of carbonyl (C=O) groups excluding carboxylic acids is 2. The molecule has 0 radical (unpaired) electrons. The van der Waals surface area contributed by atoms with Gasteiger partial charge in [0.15, 0.2) is 0 Å². The molecular formula is C17H24N2O3. The third-order valence-corrected chi connectivity index (χ3v) is 4.16. The van der Waals surface area contributed by atoms with Gasteiger partial charge in [0.1, 0.15) is 0 Å². The Morgan fingerprint density at radius 3 is 2.77 bits per heavy atom. The van der Waals surface area contributed by atoms with Crippen LogP contribution in [0.25, 0.3) is 0 Å². The van der Waals surface area contributed by atoms with Crippen molar-refractivity contribution in [1.82, 2.24) is 10.2 Å². The Bertz CT molecular complexity index is 544. The van der Waals surface area contributed by atoms with E-state index in [4.69, 9.17) is 4.74 Å². The van der Waals surface area contributed by atoms with Gasteiger partial charge in [-0.2, -0.15) is 0 Å². The van der Waals surface area contributed by atoms with Crippen LogP contribution in [0.15, 0.2) is 24.3 Å². The summed E-state index contributed by atoms with van der Waals surface area (Å²) < 4.78 is 5.12. The average molecular weight is 304 g/mol. The Labute approximate surface area is 131 Å². The Morgan fingerprint density at radius 2 is 2.14 bits per heavy atom. The van der Waals surface area contributed by atoms with Crippen LogP contribution in [-0.2, 0) is 14.3 Å². The van der Waals surface area contributed by atoms with E-state index < -0.39 is 0 Å². The van der Waals surface area contributed by atoms with Crippen LogP contribution in [0.3, 0.4) is 0 Å². The highest BCUT2D eigenvalue weighted by atomic mass is 16.5. The van der Waals surface area contributed by atoms with Gasteiger partial charge in [0.05, 0.1) is 18.6 Å². The zero-order valence-corrected chi connectivity index (χ0v) is 13.5. The van der Waals surface area contributed by atoms with Gasteiger partial charge >= 0.3 is 0 Å². The van der Waals surface area contributed by atoms with Gasteiger partial charge in [-0.15, -0.1) is 0 Å². The molecule has 2 amide bonds. The zero-order valence-electron chi connectivity index (χ0n) is 13.5. The second-order valence-electron chi connectivity index (χ2n) is 5.59. The lowest BCUT2D eigenvalue weighted by Crippen LogP contribution is -2.37. The number of benzene rings is 1. The summed E-state index contributed by atoms with van der Waals surface area (Å²) in [6.07, 6.45) is 0.258. The fourth-order valence-corrected chi connectivity index (χ4v) is 3.09. The highest BCUT2D eigenvalue weighted by Crippen LogP contribution is 2.39. The minimum absolute atomic E-state index is 0.0153. The average Bonchev–Trinajstić information content (AvgIpc) is 2.82. The molecule has 1 saturated heterocycles. The van der Waals surface area contributed by atoms with Crippen molar-refractivity contribution in [2.75, 3.05) is 26.8 Å². The van der Waals surface area contributed by atoms with E-state index in [1.807, 2.05) is 38.1 Å². The van der Waals surface area contributed by atoms with Gasteiger partial charge in [-0.05, 0) is 25.0 Å². The molecule has 1 aliphatic rings. The second-order valence-corrected chi connectivity index (χ2v) is 5.59. The third kappa shape index (κ3) is 3.30. The third-order valence-electron chi connectivity index (χ3n) is 4.16. The molecule has 1 N–H and O–H groups in total. The van der Waals surface area contributed by atoms with E-state index in [-0.39, 0.29) is 30.2 Å². The summed E-state index contributed by atoms with van der Waals surface area (Å²) >= 11 is 0. The maximum Gasteiger partial charge on any atom is 0.226 e. The molecule has 0 unspecified atom stereocenters. The zero-order chi connectivity index (χ0) is 16.1. The van der Waals surface area contributed by atoms with E-state index in [1.54, 1.807) is 12.0 Å². The summed E-state index contributed by atoms with van der Waals surface area (Å²) in [7, 11) is 1.62. The standard InChI is InChI=1S/C17H24N2O3/c1-4-18-17(21)14-11-15(20)19(9-10-22-3)16(14)13-8-6-5-7-12(13)2/h5-8,14,16H,4,9-11H2,1-3H3,(H,18,21)/t14-,16+/m1/s1. The van der Waals surface area contributed by atoms with Crippen LogP contribution in [0.1, 0.15) is 30.5 Å². The lowest BCUT2D eigenvalue weighted by molar-refractivity contribution is -0.129. The van der Waals surface area contributed by atoms with Crippen LogP contribution in [0.2, 0.25) is 0 Å². The molecule has 0 spiro atoms. The van der Waals surface area contributed by atoms with Crippen molar-refractivity contribution < 1.29 is 14.3 Å². The molecule has 1 fully saturated rings. The first-order valence-corrected chi connectivity index (χ1v) is 7.71. The molecule has 5 heteroatoms. The van der Waals surface area contributed by atoms with Gasteiger partial charge in [0.25, 0.3) is 0 Å². The van der Waals surface area contributed by atoms with Gasteiger partial charge in [-0.25, -0.2) is 0 Å². The van der Waals surface area contributed by atoms with E-state index >= 15 is 0 Å². The number of aryl methyl sites for hydroxylation is 1. The predicted molar refractivity (Wildman–Crippen MR) is 84.3 cm³/mol. The van der Waals surface area contributed by atoms with Gasteiger partial charge in [-0.3, -0.25) is 9.59 Å². The number of hydrogen-bond acceptors (Lipinski definition) is 3. The van der Waals surface area contributed by atoms with Gasteiger partial charge < -0.3 is 15.0 Å². The van der Waals surface area contributed by atoms with Crippen LogP contribution in [-0.4, -0.2) is 43.5 Å². The number of hydrogen-bond donors (Lipinski definition) is 1. The first-order chi connectivity index (χ1) is 10.6. The molecule has 0 saturated carbocycles. The molecule has 1 aliphatic heterocycles. The van der Waals surface area contributed by atoms with E-state index in [2.05, 4.69) is 5.32 Å². The molecule has 0 bridgehead atoms. The largest absolute Gasteiger partial charge is 0.383 e. The summed E-state index contributed by atoms with van der Waals surface area (Å²) in [5.74, 6) is -0.379. The smallest absolute Gasteiger partial charge is 0.226 e. The normalized spacial score (nSPS) is 21.2. The van der Waals surface area contributed by atoms with E-state index in [9.17, 15) is 9.59 Å². The monoisotopic (exact) mass is 304 g/mol. The minimum Gasteiger partial charge on any atom is -0.383 e. The van der Waals surface area contributed by atoms with Crippen LogP contribution >= 0.6 is 0 Å². The maximum absolute atomic E-state index is 12.4. The number of rotatable bonds is 6. The second kappa shape index (κ2) is 7.40. The highest BCUT2D eigenvalue weighted by Gasteiger charge is 2.44. The van der Waals surface area contributed by atoms with Crippen molar-refractivity contribution in [3.63, 3.8) is 0 Å². The number of methoxy groups -OCH3 is 1. The minimum atomic E-state index is -0.342. The van der Waals surface area contributed by atoms with E-state index in [0.29, 0.717) is 19.7 Å². The number of nitrogens with zero attached hydrogens (tertiary/aromatic N) is 1. The summed E-state index contributed by atoms with van der Waals surface area (Å²) in [6.45, 7) is 5.45. The molecule has 2 rings (SSSR count). The Balaban J connectivity index is 2.36. The molecular weight excluding hydrogens is 280 g/mol. The lowest BCUT2D eigenvalue weighted by atomic mass is 9.90. The SMILES string of the molecule is CCNC(=O)[C@@H]1CC(=O)N(CCOC)[C@H]1c1ccccc1C. The molecule has 0 aliphatic carbocycles. The van der Waals surface area contributed by atoms with Crippen LogP contribution in [0, 0.1) is 12.8 Å². The Hall–Kier alpha value is -1.88. The fraction of sp³-hybridized carbons (Fsp3) is 0.529. The molecule has 2 atom stereocenters. The predicted octanol–water partition coefficient (Wildman–Crippen LogP) is 1.67. The summed E-state index contributed by atoms with van der Waals surface area (Å²) in [4.78, 5) is 26.6. The molecule has 1 aromatic carbocycles. The van der Waals surface area contributed by atoms with Crippen molar-refractivity contribution in [1.29, 1.82) is 0 Å². The summed E-state index contributed by atoms with van der Waals surface area (Å²) in [6, 6.07) is 7.73. The number of amides is 2. The summed E-state index contributed by atoms with van der Waals surface area (Å²) in [5.41, 5.74) is 2.14. The van der Waals surface area contributed by atoms with Crippen molar-refractivity contribution in [3.05, 3.63) is 35.4 Å². The quantitative estimate of drug-likeness (QED) is 0.869. The summed E-state index contributed by atoms with van der Waals surface area (Å²) in [5, 5.41) is 2.85. The van der Waals surface area contributed by atoms with Gasteiger partial charge in [0.2, 0.25) is 11.8 Å². The molecule has 1 aromatic rings. The van der Waals surface area contributed by atoms with Gasteiger partial charge in [-0.1, -0.05) is 24.3 Å². The number of nitrogens with one attached hydrogen (secondary N) is 1. The number of likely N-dealkylation sites (tertiary alicyclic amines) is 1. The maximum atomic E-state index is 12.4. The molecule has 5 nitrogen and oxygen atoms in total. The molecule has 0 aromatic heterocycles. The lowest BCUT2D eigenvalue weighted by Gasteiger charge is -2.29. The van der Waals surface area contributed by atoms with Crippen molar-refractivity contribution in [2.24, 2.45) is 5.92 Å². The molecule has 1 heterocycles. The van der Waals surface area contributed by atoms with Crippen molar-refractivity contribution in [3.8, 4) is 0 Å². The Kier molecular flexibility index (Phi) is 5.55. The van der Waals surface area contributed by atoms with Crippen LogP contribution < -0.4 is 5.32 Å². The fourth-order valence-electron chi connectivity index (χ4n) is 3.09. The number of ether oxygens (including phenoxy) is 1. The van der Waals surface area contributed by atoms with Crippen molar-refractivity contribution in [2.45, 2.75) is 26.3 Å². The van der Waals surface area contributed by atoms with Crippen LogP contribution in [0.5, 0.6) is 0 Å². The van der Waals surface area contributed by atoms with E-state index in [0.717, 1.165) is 11.1 Å². The Morgan fingerprint density at radius 1 is 1.41 bits per heavy atom. The van der Waals surface area contributed by atoms with Crippen molar-refractivity contribution >= 4 is 11.8 Å².